The van der Waals surface area contributed by atoms with Crippen LogP contribution in [0.2, 0.25) is 0 Å². The monoisotopic (exact) mass is 389 g/mol. The maximum atomic E-state index is 12.8. The fourth-order valence-corrected chi connectivity index (χ4v) is 3.52. The van der Waals surface area contributed by atoms with Gasteiger partial charge in [-0.1, -0.05) is 6.07 Å². The van der Waals surface area contributed by atoms with Crippen LogP contribution in [0.4, 0.5) is 11.6 Å². The Labute approximate surface area is 169 Å². The number of hydrogen-bond donors (Lipinski definition) is 2. The summed E-state index contributed by atoms with van der Waals surface area (Å²) < 4.78 is 0. The fraction of sp³-hybridized carbons (Fsp3) is 0.286. The predicted octanol–water partition coefficient (Wildman–Crippen LogP) is 3.33. The lowest BCUT2D eigenvalue weighted by molar-refractivity contribution is -0.126. The van der Waals surface area contributed by atoms with E-state index in [2.05, 4.69) is 30.2 Å². The first-order chi connectivity index (χ1) is 14.1. The van der Waals surface area contributed by atoms with Crippen molar-refractivity contribution in [2.75, 3.05) is 11.9 Å². The van der Waals surface area contributed by atoms with Crippen LogP contribution in [0.1, 0.15) is 41.7 Å². The van der Waals surface area contributed by atoms with Gasteiger partial charge >= 0.3 is 0 Å². The molecule has 1 fully saturated rings. The fourth-order valence-electron chi connectivity index (χ4n) is 3.52. The molecule has 29 heavy (non-hydrogen) atoms. The van der Waals surface area contributed by atoms with Crippen molar-refractivity contribution in [2.24, 2.45) is 0 Å². The number of aryl methyl sites for hydroxylation is 2. The van der Waals surface area contributed by atoms with Gasteiger partial charge in [0.15, 0.2) is 0 Å². The zero-order valence-corrected chi connectivity index (χ0v) is 16.5. The Morgan fingerprint density at radius 3 is 3.03 bits per heavy atom. The zero-order valence-electron chi connectivity index (χ0n) is 16.5. The van der Waals surface area contributed by atoms with Gasteiger partial charge in [0.25, 0.3) is 0 Å². The highest BCUT2D eigenvalue weighted by atomic mass is 16.2. The molecule has 1 unspecified atom stereocenters. The lowest BCUT2D eigenvalue weighted by Gasteiger charge is -2.23. The Kier molecular flexibility index (Phi) is 5.33. The van der Waals surface area contributed by atoms with Crippen LogP contribution < -0.4 is 5.32 Å². The van der Waals surface area contributed by atoms with E-state index in [1.165, 1.54) is 0 Å². The quantitative estimate of drug-likeness (QED) is 0.649. The largest absolute Gasteiger partial charge is 0.345 e. The van der Waals surface area contributed by atoms with Crippen LogP contribution in [-0.2, 0) is 4.79 Å². The van der Waals surface area contributed by atoms with Gasteiger partial charge in [0.05, 0.1) is 30.0 Å². The van der Waals surface area contributed by atoms with Gasteiger partial charge < -0.3 is 15.2 Å². The molecule has 0 bridgehead atoms. The standard InChI is InChI=1S/C21H23N7O/c1-14-5-3-9-23-21(14)27-19-11-17(25-15(2)26-19)18-6-4-10-28(18)20(29)8-7-16-12-22-13-24-16/h3,5,7-9,11-13,18H,4,6,10H2,1-2H3,(H,22,24)(H,23,25,26,27)/b8-7+. The Balaban J connectivity index is 1.56. The van der Waals surface area contributed by atoms with E-state index < -0.39 is 0 Å². The molecule has 4 heterocycles. The number of imidazole rings is 1. The molecule has 0 radical (unpaired) electrons. The van der Waals surface area contributed by atoms with Crippen molar-refractivity contribution in [2.45, 2.75) is 32.7 Å². The van der Waals surface area contributed by atoms with Crippen LogP contribution in [0.3, 0.4) is 0 Å². The van der Waals surface area contributed by atoms with Crippen molar-refractivity contribution in [3.8, 4) is 0 Å². The molecular weight excluding hydrogens is 366 g/mol. The van der Waals surface area contributed by atoms with Gasteiger partial charge in [0.2, 0.25) is 5.91 Å². The van der Waals surface area contributed by atoms with Crippen LogP contribution >= 0.6 is 0 Å². The van der Waals surface area contributed by atoms with E-state index in [1.807, 2.05) is 36.9 Å². The molecule has 1 aliphatic rings. The summed E-state index contributed by atoms with van der Waals surface area (Å²) in [6.45, 7) is 4.56. The van der Waals surface area contributed by atoms with Crippen molar-refractivity contribution in [1.82, 2.24) is 29.8 Å². The van der Waals surface area contributed by atoms with Crippen molar-refractivity contribution in [3.63, 3.8) is 0 Å². The number of amides is 1. The van der Waals surface area contributed by atoms with E-state index in [1.54, 1.807) is 30.9 Å². The molecule has 3 aromatic rings. The van der Waals surface area contributed by atoms with Gasteiger partial charge in [-0.3, -0.25) is 4.79 Å². The third kappa shape index (κ3) is 4.31. The average molecular weight is 389 g/mol. The molecule has 1 aliphatic heterocycles. The number of aromatic nitrogens is 5. The van der Waals surface area contributed by atoms with Crippen LogP contribution in [0, 0.1) is 13.8 Å². The minimum atomic E-state index is -0.0685. The highest BCUT2D eigenvalue weighted by Crippen LogP contribution is 2.32. The number of H-pyrrole nitrogens is 1. The molecular formula is C21H23N7O. The molecule has 0 spiro atoms. The summed E-state index contributed by atoms with van der Waals surface area (Å²) >= 11 is 0. The summed E-state index contributed by atoms with van der Waals surface area (Å²) in [5.41, 5.74) is 2.67. The molecule has 4 rings (SSSR count). The second-order valence-corrected chi connectivity index (χ2v) is 7.05. The van der Waals surface area contributed by atoms with E-state index in [9.17, 15) is 4.79 Å². The molecule has 8 nitrogen and oxygen atoms in total. The average Bonchev–Trinajstić information content (AvgIpc) is 3.39. The van der Waals surface area contributed by atoms with Crippen LogP contribution in [-0.4, -0.2) is 42.3 Å². The van der Waals surface area contributed by atoms with E-state index >= 15 is 0 Å². The second-order valence-electron chi connectivity index (χ2n) is 7.05. The van der Waals surface area contributed by atoms with Crippen molar-refractivity contribution >= 4 is 23.6 Å². The zero-order chi connectivity index (χ0) is 20.2. The predicted molar refractivity (Wildman–Crippen MR) is 110 cm³/mol. The molecule has 1 atom stereocenters. The Bertz CT molecular complexity index is 1030. The molecule has 1 amide bonds. The van der Waals surface area contributed by atoms with Crippen molar-refractivity contribution in [1.29, 1.82) is 0 Å². The maximum Gasteiger partial charge on any atom is 0.247 e. The first-order valence-corrected chi connectivity index (χ1v) is 9.61. The lowest BCUT2D eigenvalue weighted by atomic mass is 10.1. The number of anilines is 2. The van der Waals surface area contributed by atoms with Gasteiger partial charge in [-0.25, -0.2) is 19.9 Å². The number of pyridine rings is 1. The smallest absolute Gasteiger partial charge is 0.247 e. The molecule has 3 aromatic heterocycles. The highest BCUT2D eigenvalue weighted by Gasteiger charge is 2.30. The second kappa shape index (κ2) is 8.22. The summed E-state index contributed by atoms with van der Waals surface area (Å²) in [5, 5.41) is 3.27. The maximum absolute atomic E-state index is 12.8. The summed E-state index contributed by atoms with van der Waals surface area (Å²) in [7, 11) is 0. The van der Waals surface area contributed by atoms with Gasteiger partial charge in [0.1, 0.15) is 17.5 Å². The van der Waals surface area contributed by atoms with Gasteiger partial charge in [-0.15, -0.1) is 0 Å². The minimum Gasteiger partial charge on any atom is -0.345 e. The molecule has 0 aromatic carbocycles. The minimum absolute atomic E-state index is 0.0338. The SMILES string of the molecule is Cc1nc(Nc2ncccc2C)cc(C2CCCN2C(=O)/C=C/c2cnc[nH]2)n1. The highest BCUT2D eigenvalue weighted by molar-refractivity contribution is 5.92. The number of carbonyl (C=O) groups is 1. The number of likely N-dealkylation sites (tertiary alicyclic amines) is 1. The van der Waals surface area contributed by atoms with Gasteiger partial charge in [-0.05, 0) is 44.4 Å². The molecule has 8 heteroatoms. The van der Waals surface area contributed by atoms with Crippen molar-refractivity contribution < 1.29 is 4.79 Å². The summed E-state index contributed by atoms with van der Waals surface area (Å²) in [5.74, 6) is 2.07. The third-order valence-electron chi connectivity index (χ3n) is 4.92. The van der Waals surface area contributed by atoms with Crippen LogP contribution in [0.15, 0.2) is 43.0 Å². The van der Waals surface area contributed by atoms with Gasteiger partial charge in [0, 0.05) is 24.9 Å². The molecule has 0 aliphatic carbocycles. The van der Waals surface area contributed by atoms with E-state index in [-0.39, 0.29) is 11.9 Å². The molecule has 2 N–H and O–H groups in total. The number of nitrogens with one attached hydrogen (secondary N) is 2. The van der Waals surface area contributed by atoms with E-state index in [0.29, 0.717) is 18.2 Å². The van der Waals surface area contributed by atoms with Gasteiger partial charge in [-0.2, -0.15) is 0 Å². The van der Waals surface area contributed by atoms with Crippen LogP contribution in [0.25, 0.3) is 6.08 Å². The summed E-state index contributed by atoms with van der Waals surface area (Å²) in [4.78, 5) is 35.0. The third-order valence-corrected chi connectivity index (χ3v) is 4.92. The van der Waals surface area contributed by atoms with Crippen molar-refractivity contribution in [3.05, 3.63) is 65.8 Å². The topological polar surface area (TPSA) is 99.7 Å². The number of carbonyl (C=O) groups excluding carboxylic acids is 1. The van der Waals surface area contributed by atoms with E-state index in [4.69, 9.17) is 0 Å². The number of nitrogens with zero attached hydrogens (tertiary/aromatic N) is 5. The van der Waals surface area contributed by atoms with E-state index in [0.717, 1.165) is 35.6 Å². The molecule has 1 saturated heterocycles. The Hall–Kier alpha value is -3.55. The lowest BCUT2D eigenvalue weighted by Crippen LogP contribution is -2.29. The Morgan fingerprint density at radius 2 is 2.24 bits per heavy atom. The Morgan fingerprint density at radius 1 is 1.34 bits per heavy atom. The normalized spacial score (nSPS) is 16.5. The first-order valence-electron chi connectivity index (χ1n) is 9.61. The number of aromatic amines is 1. The van der Waals surface area contributed by atoms with Crippen LogP contribution in [0.5, 0.6) is 0 Å². The summed E-state index contributed by atoms with van der Waals surface area (Å²) in [6, 6.07) is 5.74. The first kappa shape index (κ1) is 18.8. The molecule has 0 saturated carbocycles. The molecule has 148 valence electrons. The number of hydrogen-bond acceptors (Lipinski definition) is 6. The summed E-state index contributed by atoms with van der Waals surface area (Å²) in [6.07, 6.45) is 10.2. The number of rotatable bonds is 5.